The number of methoxy groups -OCH3 is 1. The molecule has 0 aromatic heterocycles. The van der Waals surface area contributed by atoms with Gasteiger partial charge in [-0.3, -0.25) is 19.4 Å². The Morgan fingerprint density at radius 3 is 2.73 bits per heavy atom. The number of fused-ring (bicyclic) bond motifs is 2. The van der Waals surface area contributed by atoms with E-state index in [2.05, 4.69) is 16.0 Å². The number of nitrogens with zero attached hydrogens (tertiary/aromatic N) is 1. The lowest BCUT2D eigenvalue weighted by Crippen LogP contribution is -2.54. The van der Waals surface area contributed by atoms with Crippen LogP contribution in [0.5, 0.6) is 0 Å². The lowest BCUT2D eigenvalue weighted by atomic mass is 10.0. The summed E-state index contributed by atoms with van der Waals surface area (Å²) in [5.41, 5.74) is 0.583. The van der Waals surface area contributed by atoms with E-state index in [0.717, 1.165) is 21.2 Å². The minimum Gasteiger partial charge on any atom is -0.482 e. The minimum atomic E-state index is -1.23. The van der Waals surface area contributed by atoms with E-state index < -0.39 is 29.7 Å². The molecule has 1 unspecified atom stereocenters. The maximum atomic E-state index is 13.0. The van der Waals surface area contributed by atoms with Crippen molar-refractivity contribution in [3.8, 4) is 0 Å². The molecular weight excluding hydrogens is 532 g/mol. The number of aliphatic imine (C=N–C) groups is 1. The van der Waals surface area contributed by atoms with Crippen molar-refractivity contribution in [3.05, 3.63) is 47.1 Å². The summed E-state index contributed by atoms with van der Waals surface area (Å²) in [5.74, 6) is -0.439. The van der Waals surface area contributed by atoms with E-state index >= 15 is 0 Å². The fraction of sp³-hybridized carbons (Fsp3) is 0.517. The lowest BCUT2D eigenvalue weighted by molar-refractivity contribution is -0.140. The summed E-state index contributed by atoms with van der Waals surface area (Å²) in [5, 5.41) is 8.32. The summed E-state index contributed by atoms with van der Waals surface area (Å²) in [6, 6.07) is 6.93. The van der Waals surface area contributed by atoms with Crippen LogP contribution in [0.3, 0.4) is 0 Å². The molecule has 10 nitrogen and oxygen atoms in total. The van der Waals surface area contributed by atoms with E-state index in [1.54, 1.807) is 25.6 Å². The number of hydrogen-bond donors (Lipinski definition) is 3. The number of allylic oxidation sites excluding steroid dienone is 4. The fourth-order valence-electron chi connectivity index (χ4n) is 4.65. The number of ether oxygens (including phenoxy) is 3. The largest absolute Gasteiger partial charge is 0.482 e. The van der Waals surface area contributed by atoms with E-state index in [9.17, 15) is 14.4 Å². The zero-order chi connectivity index (χ0) is 28.9. The first-order chi connectivity index (χ1) is 19.1. The lowest BCUT2D eigenvalue weighted by Gasteiger charge is -2.29. The number of carbonyl (C=O) groups excluding carboxylic acids is 3. The summed E-state index contributed by atoms with van der Waals surface area (Å²) >= 11 is 1.66. The first kappa shape index (κ1) is 29.8. The van der Waals surface area contributed by atoms with Crippen molar-refractivity contribution in [3.63, 3.8) is 0 Å². The Morgan fingerprint density at radius 1 is 1.20 bits per heavy atom. The molecular formula is C29H38N4O6S. The van der Waals surface area contributed by atoms with Crippen LogP contribution in [0.15, 0.2) is 57.0 Å². The summed E-state index contributed by atoms with van der Waals surface area (Å²) in [6.07, 6.45) is 4.84. The number of carbonyl (C=O) groups is 3. The molecule has 1 aromatic carbocycles. The van der Waals surface area contributed by atoms with Crippen molar-refractivity contribution in [1.82, 2.24) is 16.0 Å². The van der Waals surface area contributed by atoms with Crippen molar-refractivity contribution < 1.29 is 28.6 Å². The molecule has 40 heavy (non-hydrogen) atoms. The van der Waals surface area contributed by atoms with Crippen molar-refractivity contribution in [2.75, 3.05) is 20.3 Å². The van der Waals surface area contributed by atoms with Gasteiger partial charge < -0.3 is 30.2 Å². The second-order valence-electron chi connectivity index (χ2n) is 10.9. The fourth-order valence-corrected chi connectivity index (χ4v) is 5.62. The first-order valence-electron chi connectivity index (χ1n) is 13.5. The van der Waals surface area contributed by atoms with Crippen molar-refractivity contribution in [2.24, 2.45) is 10.9 Å². The molecule has 0 saturated carbocycles. The van der Waals surface area contributed by atoms with E-state index in [0.29, 0.717) is 31.6 Å². The molecule has 1 aliphatic carbocycles. The van der Waals surface area contributed by atoms with Crippen molar-refractivity contribution in [2.45, 2.75) is 75.8 Å². The monoisotopic (exact) mass is 570 g/mol. The zero-order valence-electron chi connectivity index (χ0n) is 23.6. The third-order valence-electron chi connectivity index (χ3n) is 6.69. The number of para-hydroxylation sites is 1. The molecule has 3 amide bonds. The molecule has 216 valence electrons. The van der Waals surface area contributed by atoms with E-state index in [1.165, 1.54) is 7.11 Å². The van der Waals surface area contributed by atoms with Gasteiger partial charge in [-0.05, 0) is 56.9 Å². The van der Waals surface area contributed by atoms with Gasteiger partial charge in [0.05, 0.1) is 30.6 Å². The Hall–Kier alpha value is -3.15. The molecule has 2 aliphatic heterocycles. The molecule has 0 spiro atoms. The molecule has 1 saturated heterocycles. The van der Waals surface area contributed by atoms with Gasteiger partial charge in [-0.2, -0.15) is 0 Å². The number of thioether (sulfide) groups is 1. The molecule has 0 bridgehead atoms. The maximum absolute atomic E-state index is 13.0. The Morgan fingerprint density at radius 2 is 1.98 bits per heavy atom. The normalized spacial score (nSPS) is 20.8. The topological polar surface area (TPSA) is 127 Å². The summed E-state index contributed by atoms with van der Waals surface area (Å²) in [7, 11) is 1.53. The molecule has 3 N–H and O–H groups in total. The SMILES string of the molecule is COC1OCC[C@@H]1NC(=O)[C@H](CC(C)C)NC(=O)CNC(=O)C(C)(C)OC1=CC=C2Sc3ccccc3N=C2C1. The van der Waals surface area contributed by atoms with Gasteiger partial charge in [0, 0.05) is 23.3 Å². The highest BCUT2D eigenvalue weighted by atomic mass is 32.2. The molecule has 2 heterocycles. The summed E-state index contributed by atoms with van der Waals surface area (Å²) in [6.45, 7) is 7.45. The van der Waals surface area contributed by atoms with Gasteiger partial charge in [-0.1, -0.05) is 37.7 Å². The second-order valence-corrected chi connectivity index (χ2v) is 12.0. The van der Waals surface area contributed by atoms with Gasteiger partial charge in [0.2, 0.25) is 11.8 Å². The van der Waals surface area contributed by atoms with Crippen LogP contribution in [0, 0.1) is 5.92 Å². The van der Waals surface area contributed by atoms with Gasteiger partial charge in [-0.15, -0.1) is 0 Å². The Bertz CT molecular complexity index is 1220. The van der Waals surface area contributed by atoms with Gasteiger partial charge in [0.15, 0.2) is 11.9 Å². The average molecular weight is 571 g/mol. The molecule has 4 rings (SSSR count). The summed E-state index contributed by atoms with van der Waals surface area (Å²) < 4.78 is 16.8. The van der Waals surface area contributed by atoms with Gasteiger partial charge in [0.25, 0.3) is 5.91 Å². The van der Waals surface area contributed by atoms with Gasteiger partial charge in [-0.25, -0.2) is 0 Å². The Kier molecular flexibility index (Phi) is 9.70. The van der Waals surface area contributed by atoms with Crippen LogP contribution in [-0.2, 0) is 28.6 Å². The van der Waals surface area contributed by atoms with Gasteiger partial charge >= 0.3 is 0 Å². The average Bonchev–Trinajstić information content (AvgIpc) is 3.36. The number of amides is 3. The minimum absolute atomic E-state index is 0.162. The van der Waals surface area contributed by atoms with E-state index in [1.807, 2.05) is 50.3 Å². The molecule has 3 atom stereocenters. The zero-order valence-corrected chi connectivity index (χ0v) is 24.4. The van der Waals surface area contributed by atoms with Crippen LogP contribution in [0.1, 0.15) is 47.0 Å². The van der Waals surface area contributed by atoms with Crippen LogP contribution < -0.4 is 16.0 Å². The quantitative estimate of drug-likeness (QED) is 0.372. The number of rotatable bonds is 11. The molecule has 3 aliphatic rings. The van der Waals surface area contributed by atoms with Crippen molar-refractivity contribution >= 4 is 40.9 Å². The maximum Gasteiger partial charge on any atom is 0.264 e. The molecule has 11 heteroatoms. The van der Waals surface area contributed by atoms with Crippen LogP contribution in [-0.4, -0.2) is 67.7 Å². The smallest absolute Gasteiger partial charge is 0.264 e. The van der Waals surface area contributed by atoms with E-state index in [4.69, 9.17) is 19.2 Å². The summed E-state index contributed by atoms with van der Waals surface area (Å²) in [4.78, 5) is 45.6. The van der Waals surface area contributed by atoms with Crippen LogP contribution >= 0.6 is 11.8 Å². The van der Waals surface area contributed by atoms with E-state index in [-0.39, 0.29) is 24.4 Å². The standard InChI is InChI=1S/C29H38N4O6S/c1-17(2)14-22(26(35)33-20-12-13-38-27(20)37-5)32-25(34)16-30-28(36)29(3,4)39-18-10-11-24-21(15-18)31-19-8-6-7-9-23(19)40-24/h6-11,17,20,22,27H,12-16H2,1-5H3,(H,30,36)(H,32,34)(H,33,35)/t20-,22-,27?/m0/s1. The first-order valence-corrected chi connectivity index (χ1v) is 14.3. The predicted molar refractivity (Wildman–Crippen MR) is 153 cm³/mol. The second kappa shape index (κ2) is 13.0. The highest BCUT2D eigenvalue weighted by molar-refractivity contribution is 8.04. The number of benzene rings is 1. The number of hydrogen-bond acceptors (Lipinski definition) is 8. The predicted octanol–water partition coefficient (Wildman–Crippen LogP) is 3.36. The van der Waals surface area contributed by atoms with Crippen LogP contribution in [0.2, 0.25) is 0 Å². The number of nitrogens with one attached hydrogen (secondary N) is 3. The third-order valence-corrected chi connectivity index (χ3v) is 7.84. The molecule has 1 aromatic rings. The highest BCUT2D eigenvalue weighted by Crippen LogP contribution is 2.42. The van der Waals surface area contributed by atoms with Crippen LogP contribution in [0.25, 0.3) is 0 Å². The molecule has 1 fully saturated rings. The van der Waals surface area contributed by atoms with Crippen molar-refractivity contribution in [1.29, 1.82) is 0 Å². The third kappa shape index (κ3) is 7.52. The Balaban J connectivity index is 1.29. The molecule has 0 radical (unpaired) electrons. The van der Waals surface area contributed by atoms with Crippen LogP contribution in [0.4, 0.5) is 5.69 Å². The Labute approximate surface area is 239 Å². The van der Waals surface area contributed by atoms with Gasteiger partial charge in [0.1, 0.15) is 11.8 Å². The highest BCUT2D eigenvalue weighted by Gasteiger charge is 2.34.